The quantitative estimate of drug-likeness (QED) is 0.652. The maximum absolute atomic E-state index is 13.3. The number of rotatable bonds is 4. The largest absolute Gasteiger partial charge is 0.294 e. The normalized spacial score (nSPS) is 27.6. The first kappa shape index (κ1) is 19.5. The van der Waals surface area contributed by atoms with Gasteiger partial charge in [0.1, 0.15) is 0 Å². The third-order valence-corrected chi connectivity index (χ3v) is 6.74. The molecule has 29 heavy (non-hydrogen) atoms. The molecule has 1 unspecified atom stereocenters. The van der Waals surface area contributed by atoms with Gasteiger partial charge in [-0.25, -0.2) is 0 Å². The van der Waals surface area contributed by atoms with Gasteiger partial charge < -0.3 is 0 Å². The molecule has 0 radical (unpaired) electrons. The average molecular weight is 386 g/mol. The molecule has 148 valence electrons. The Morgan fingerprint density at radius 1 is 0.931 bits per heavy atom. The number of allylic oxidation sites excluding steroid dienone is 14. The molecular weight excluding hydrogens is 360 g/mol. The Morgan fingerprint density at radius 3 is 2.41 bits per heavy atom. The summed E-state index contributed by atoms with van der Waals surface area (Å²) in [6, 6.07) is 0. The number of carbonyl (C=O) groups excluding carboxylic acids is 3. The first-order valence-corrected chi connectivity index (χ1v) is 10.3. The minimum absolute atomic E-state index is 0.0551. The molecule has 4 aliphatic rings. The minimum Gasteiger partial charge on any atom is -0.294 e. The molecule has 0 fully saturated rings. The van der Waals surface area contributed by atoms with Crippen LogP contribution in [0.5, 0.6) is 0 Å². The van der Waals surface area contributed by atoms with Crippen molar-refractivity contribution in [3.63, 3.8) is 0 Å². The van der Waals surface area contributed by atoms with Crippen LogP contribution in [0.4, 0.5) is 0 Å². The van der Waals surface area contributed by atoms with E-state index >= 15 is 0 Å². The molecule has 3 heteroatoms. The van der Waals surface area contributed by atoms with Crippen LogP contribution in [0.2, 0.25) is 0 Å². The van der Waals surface area contributed by atoms with Crippen molar-refractivity contribution in [3.05, 3.63) is 82.5 Å². The zero-order valence-electron chi connectivity index (χ0n) is 17.4. The molecule has 0 bridgehead atoms. The second kappa shape index (κ2) is 6.91. The van der Waals surface area contributed by atoms with Crippen LogP contribution < -0.4 is 0 Å². The zero-order valence-corrected chi connectivity index (χ0v) is 17.4. The third kappa shape index (κ3) is 2.83. The molecule has 3 nitrogen and oxygen atoms in total. The van der Waals surface area contributed by atoms with E-state index in [1.165, 1.54) is 0 Å². The topological polar surface area (TPSA) is 51.2 Å². The number of ketones is 3. The van der Waals surface area contributed by atoms with Crippen molar-refractivity contribution >= 4 is 17.3 Å². The van der Waals surface area contributed by atoms with Gasteiger partial charge in [-0.15, -0.1) is 0 Å². The van der Waals surface area contributed by atoms with Gasteiger partial charge in [-0.3, -0.25) is 14.4 Å². The number of hydrogen-bond donors (Lipinski definition) is 0. The highest BCUT2D eigenvalue weighted by atomic mass is 16.1. The molecule has 3 atom stereocenters. The van der Waals surface area contributed by atoms with E-state index < -0.39 is 5.41 Å². The SMILES string of the molecule is CC(C)[C@@H](C)/C=C/[C@@H](C)C1=C2C(=O)CC34C(=O)C=CC=C3C=CC4=C2C=CC1=O. The Balaban J connectivity index is 1.86. The second-order valence-electron chi connectivity index (χ2n) is 8.77. The number of hydrogen-bond acceptors (Lipinski definition) is 3. The van der Waals surface area contributed by atoms with E-state index in [1.807, 2.05) is 31.2 Å². The summed E-state index contributed by atoms with van der Waals surface area (Å²) in [5.41, 5.74) is 2.58. The zero-order chi connectivity index (χ0) is 20.9. The van der Waals surface area contributed by atoms with Crippen LogP contribution in [0, 0.1) is 23.2 Å². The van der Waals surface area contributed by atoms with Crippen molar-refractivity contribution in [3.8, 4) is 0 Å². The Bertz CT molecular complexity index is 1040. The number of carbonyl (C=O) groups is 3. The van der Waals surface area contributed by atoms with E-state index in [4.69, 9.17) is 0 Å². The van der Waals surface area contributed by atoms with Crippen molar-refractivity contribution in [2.75, 3.05) is 0 Å². The summed E-state index contributed by atoms with van der Waals surface area (Å²) < 4.78 is 0. The van der Waals surface area contributed by atoms with Gasteiger partial charge >= 0.3 is 0 Å². The first-order chi connectivity index (χ1) is 13.8. The summed E-state index contributed by atoms with van der Waals surface area (Å²) in [6.07, 6.45) is 16.6. The predicted octanol–water partition coefficient (Wildman–Crippen LogP) is 4.80. The van der Waals surface area contributed by atoms with E-state index in [1.54, 1.807) is 24.3 Å². The van der Waals surface area contributed by atoms with E-state index in [-0.39, 0.29) is 29.7 Å². The van der Waals surface area contributed by atoms with Gasteiger partial charge in [-0.2, -0.15) is 0 Å². The summed E-state index contributed by atoms with van der Waals surface area (Å²) in [5, 5.41) is 0. The Hall–Kier alpha value is -2.81. The Labute approximate surface area is 171 Å². The molecule has 0 saturated heterocycles. The highest BCUT2D eigenvalue weighted by molar-refractivity contribution is 6.20. The van der Waals surface area contributed by atoms with E-state index in [0.717, 1.165) is 16.7 Å². The van der Waals surface area contributed by atoms with Crippen LogP contribution in [0.25, 0.3) is 0 Å². The average Bonchev–Trinajstić information content (AvgIpc) is 3.06. The van der Waals surface area contributed by atoms with Crippen LogP contribution in [-0.2, 0) is 14.4 Å². The van der Waals surface area contributed by atoms with E-state index in [9.17, 15) is 14.4 Å². The van der Waals surface area contributed by atoms with Crippen molar-refractivity contribution in [2.24, 2.45) is 23.2 Å². The van der Waals surface area contributed by atoms with Gasteiger partial charge in [0.05, 0.1) is 5.41 Å². The number of fused-ring (bicyclic) bond motifs is 1. The van der Waals surface area contributed by atoms with Crippen molar-refractivity contribution in [1.29, 1.82) is 0 Å². The molecule has 1 spiro atoms. The Morgan fingerprint density at radius 2 is 1.69 bits per heavy atom. The van der Waals surface area contributed by atoms with E-state index in [2.05, 4.69) is 26.8 Å². The molecule has 0 saturated carbocycles. The first-order valence-electron chi connectivity index (χ1n) is 10.3. The lowest BCUT2D eigenvalue weighted by atomic mass is 9.61. The summed E-state index contributed by atoms with van der Waals surface area (Å²) in [4.78, 5) is 39.0. The molecule has 4 aliphatic carbocycles. The molecule has 4 rings (SSSR count). The van der Waals surface area contributed by atoms with Crippen LogP contribution in [-0.4, -0.2) is 17.3 Å². The summed E-state index contributed by atoms with van der Waals surface area (Å²) >= 11 is 0. The molecular formula is C26H26O3. The van der Waals surface area contributed by atoms with Gasteiger partial charge in [0.25, 0.3) is 0 Å². The highest BCUT2D eigenvalue weighted by Crippen LogP contribution is 2.55. The molecule has 0 aliphatic heterocycles. The summed E-state index contributed by atoms with van der Waals surface area (Å²) in [6.45, 7) is 8.44. The molecule has 0 aromatic heterocycles. The fourth-order valence-corrected chi connectivity index (χ4v) is 4.64. The lowest BCUT2D eigenvalue weighted by Crippen LogP contribution is -2.40. The maximum Gasteiger partial charge on any atom is 0.183 e. The lowest BCUT2D eigenvalue weighted by molar-refractivity contribution is -0.126. The van der Waals surface area contributed by atoms with Crippen LogP contribution in [0.1, 0.15) is 34.1 Å². The molecule has 0 N–H and O–H groups in total. The minimum atomic E-state index is -0.911. The number of Topliss-reactive ketones (excluding diaryl/α,β-unsaturated/α-hetero) is 1. The summed E-state index contributed by atoms with van der Waals surface area (Å²) in [7, 11) is 0. The van der Waals surface area contributed by atoms with Gasteiger partial charge in [-0.05, 0) is 40.7 Å². The van der Waals surface area contributed by atoms with Gasteiger partial charge in [0.15, 0.2) is 17.3 Å². The van der Waals surface area contributed by atoms with Crippen LogP contribution in [0.15, 0.2) is 82.5 Å². The van der Waals surface area contributed by atoms with Gasteiger partial charge in [-0.1, -0.05) is 70.2 Å². The third-order valence-electron chi connectivity index (χ3n) is 6.74. The molecule has 0 aromatic rings. The van der Waals surface area contributed by atoms with Crippen molar-refractivity contribution in [1.82, 2.24) is 0 Å². The van der Waals surface area contributed by atoms with E-state index in [0.29, 0.717) is 23.0 Å². The molecule has 0 heterocycles. The van der Waals surface area contributed by atoms with Crippen molar-refractivity contribution in [2.45, 2.75) is 34.1 Å². The Kier molecular flexibility index (Phi) is 4.65. The highest BCUT2D eigenvalue weighted by Gasteiger charge is 2.53. The standard InChI is InChI=1S/C26H26O3/c1-15(2)16(3)8-9-17(4)24-21(27)13-11-19-20-12-10-18-6-5-7-23(29)26(18,20)14-22(28)25(19)24/h5-13,15-17H,14H2,1-4H3/b9-8+/t16-,17+,26?/m0/s1. The fourth-order valence-electron chi connectivity index (χ4n) is 4.64. The second-order valence-corrected chi connectivity index (χ2v) is 8.77. The fraction of sp³-hybridized carbons (Fsp3) is 0.346. The predicted molar refractivity (Wildman–Crippen MR) is 114 cm³/mol. The van der Waals surface area contributed by atoms with Crippen molar-refractivity contribution < 1.29 is 14.4 Å². The maximum atomic E-state index is 13.3. The van der Waals surface area contributed by atoms with Crippen LogP contribution in [0.3, 0.4) is 0 Å². The molecule has 0 aromatic carbocycles. The van der Waals surface area contributed by atoms with Gasteiger partial charge in [0, 0.05) is 23.5 Å². The lowest BCUT2D eigenvalue weighted by Gasteiger charge is -2.38. The van der Waals surface area contributed by atoms with Crippen LogP contribution >= 0.6 is 0 Å². The monoisotopic (exact) mass is 386 g/mol. The molecule has 0 amide bonds. The summed E-state index contributed by atoms with van der Waals surface area (Å²) in [5.74, 6) is 0.436. The van der Waals surface area contributed by atoms with Gasteiger partial charge in [0.2, 0.25) is 0 Å². The smallest absolute Gasteiger partial charge is 0.183 e.